The maximum Gasteiger partial charge on any atom is 0.308 e. The van der Waals surface area contributed by atoms with Crippen molar-refractivity contribution >= 4 is 5.97 Å². The number of benzene rings is 1. The maximum absolute atomic E-state index is 11.1. The van der Waals surface area contributed by atoms with Gasteiger partial charge in [0.15, 0.2) is 0 Å². The van der Waals surface area contributed by atoms with Crippen molar-refractivity contribution < 1.29 is 14.6 Å². The molecule has 110 valence electrons. The van der Waals surface area contributed by atoms with Crippen molar-refractivity contribution in [3.63, 3.8) is 0 Å². The van der Waals surface area contributed by atoms with Crippen LogP contribution in [-0.2, 0) is 4.79 Å². The Labute approximate surface area is 120 Å². The topological polar surface area (TPSA) is 49.8 Å². The molecule has 0 spiro atoms. The van der Waals surface area contributed by atoms with Crippen molar-refractivity contribution in [1.82, 2.24) is 4.90 Å². The molecular formula is C16H23NO3. The summed E-state index contributed by atoms with van der Waals surface area (Å²) in [5.74, 6) is 0.185. The van der Waals surface area contributed by atoms with E-state index in [1.54, 1.807) is 0 Å². The molecule has 1 fully saturated rings. The molecule has 1 aromatic carbocycles. The largest absolute Gasteiger partial charge is 0.492 e. The molecule has 1 N–H and O–H groups in total. The van der Waals surface area contributed by atoms with E-state index >= 15 is 0 Å². The molecule has 1 aliphatic heterocycles. The lowest BCUT2D eigenvalue weighted by Crippen LogP contribution is -2.27. The molecule has 0 aromatic heterocycles. The minimum Gasteiger partial charge on any atom is -0.492 e. The zero-order valence-corrected chi connectivity index (χ0v) is 12.4. The lowest BCUT2D eigenvalue weighted by Gasteiger charge is -2.16. The lowest BCUT2D eigenvalue weighted by molar-refractivity contribution is -0.142. The molecule has 0 aliphatic carbocycles. The molecule has 0 bridgehead atoms. The third-order valence-corrected chi connectivity index (χ3v) is 3.88. The van der Waals surface area contributed by atoms with Crippen molar-refractivity contribution in [2.45, 2.75) is 20.8 Å². The fourth-order valence-electron chi connectivity index (χ4n) is 2.88. The highest BCUT2D eigenvalue weighted by molar-refractivity contribution is 5.71. The summed E-state index contributed by atoms with van der Waals surface area (Å²) >= 11 is 0. The van der Waals surface area contributed by atoms with Crippen LogP contribution in [0.5, 0.6) is 5.75 Å². The van der Waals surface area contributed by atoms with Crippen molar-refractivity contribution in [2.24, 2.45) is 11.8 Å². The summed E-state index contributed by atoms with van der Waals surface area (Å²) in [6.45, 7) is 8.96. The van der Waals surface area contributed by atoms with Gasteiger partial charge in [-0.3, -0.25) is 9.69 Å². The van der Waals surface area contributed by atoms with E-state index in [1.807, 2.05) is 19.1 Å². The van der Waals surface area contributed by atoms with E-state index in [0.717, 1.165) is 18.8 Å². The molecule has 0 unspecified atom stereocenters. The van der Waals surface area contributed by atoms with Gasteiger partial charge in [-0.05, 0) is 43.0 Å². The van der Waals surface area contributed by atoms with E-state index in [0.29, 0.717) is 13.2 Å². The number of hydrogen-bond acceptors (Lipinski definition) is 3. The molecule has 0 saturated carbocycles. The summed E-state index contributed by atoms with van der Waals surface area (Å²) in [4.78, 5) is 13.2. The summed E-state index contributed by atoms with van der Waals surface area (Å²) in [6.07, 6.45) is 0. The van der Waals surface area contributed by atoms with Crippen LogP contribution in [0, 0.1) is 25.7 Å². The number of carboxylic acids is 1. The van der Waals surface area contributed by atoms with Crippen LogP contribution >= 0.6 is 0 Å². The Morgan fingerprint density at radius 3 is 2.50 bits per heavy atom. The number of carboxylic acid groups (broad SMARTS) is 1. The summed E-state index contributed by atoms with van der Waals surface area (Å²) < 4.78 is 5.77. The monoisotopic (exact) mass is 277 g/mol. The first kappa shape index (κ1) is 14.9. The Morgan fingerprint density at radius 2 is 1.95 bits per heavy atom. The number of ether oxygens (including phenoxy) is 1. The van der Waals surface area contributed by atoms with Crippen LogP contribution in [0.15, 0.2) is 18.2 Å². The van der Waals surface area contributed by atoms with Crippen molar-refractivity contribution in [3.8, 4) is 5.75 Å². The quantitative estimate of drug-likeness (QED) is 0.897. The summed E-state index contributed by atoms with van der Waals surface area (Å²) in [5, 5.41) is 9.11. The average Bonchev–Trinajstić information content (AvgIpc) is 2.69. The zero-order valence-electron chi connectivity index (χ0n) is 12.4. The van der Waals surface area contributed by atoms with Gasteiger partial charge in [-0.1, -0.05) is 13.0 Å². The first-order chi connectivity index (χ1) is 9.45. The maximum atomic E-state index is 11.1. The number of carbonyl (C=O) groups is 1. The molecule has 20 heavy (non-hydrogen) atoms. The fraction of sp³-hybridized carbons (Fsp3) is 0.562. The molecule has 2 atom stereocenters. The lowest BCUT2D eigenvalue weighted by atomic mass is 9.99. The number of aliphatic carboxylic acids is 1. The van der Waals surface area contributed by atoms with Gasteiger partial charge in [-0.15, -0.1) is 0 Å². The van der Waals surface area contributed by atoms with E-state index in [1.165, 1.54) is 11.1 Å². The first-order valence-corrected chi connectivity index (χ1v) is 7.12. The van der Waals surface area contributed by atoms with Crippen molar-refractivity contribution in [1.29, 1.82) is 0 Å². The molecule has 1 aliphatic rings. The Balaban J connectivity index is 1.80. The predicted molar refractivity (Wildman–Crippen MR) is 78.1 cm³/mol. The van der Waals surface area contributed by atoms with Gasteiger partial charge >= 0.3 is 5.97 Å². The number of rotatable bonds is 5. The van der Waals surface area contributed by atoms with Crippen LogP contribution in [0.1, 0.15) is 18.1 Å². The van der Waals surface area contributed by atoms with Crippen LogP contribution in [0.2, 0.25) is 0 Å². The third-order valence-electron chi connectivity index (χ3n) is 3.88. The van der Waals surface area contributed by atoms with Gasteiger partial charge in [0.05, 0.1) is 5.92 Å². The van der Waals surface area contributed by atoms with Gasteiger partial charge in [-0.25, -0.2) is 0 Å². The highest BCUT2D eigenvalue weighted by Crippen LogP contribution is 2.23. The highest BCUT2D eigenvalue weighted by Gasteiger charge is 2.34. The summed E-state index contributed by atoms with van der Waals surface area (Å²) in [5.41, 5.74) is 2.39. The minimum absolute atomic E-state index is 0.216. The highest BCUT2D eigenvalue weighted by atomic mass is 16.5. The average molecular weight is 277 g/mol. The van der Waals surface area contributed by atoms with Crippen LogP contribution in [0.25, 0.3) is 0 Å². The standard InChI is InChI=1S/C16H23NO3/c1-11-6-12(2)8-14(7-11)20-5-4-17-9-13(3)15(10-17)16(18)19/h6-8,13,15H,4-5,9-10H2,1-3H3,(H,18,19)/t13-,15-/m1/s1. The number of nitrogens with zero attached hydrogens (tertiary/aromatic N) is 1. The summed E-state index contributed by atoms with van der Waals surface area (Å²) in [7, 11) is 0. The van der Waals surface area contributed by atoms with Gasteiger partial charge in [0.2, 0.25) is 0 Å². The van der Waals surface area contributed by atoms with Crippen LogP contribution in [-0.4, -0.2) is 42.2 Å². The first-order valence-electron chi connectivity index (χ1n) is 7.12. The summed E-state index contributed by atoms with van der Waals surface area (Å²) in [6, 6.07) is 6.17. The second-order valence-electron chi connectivity index (χ2n) is 5.85. The molecule has 2 rings (SSSR count). The molecular weight excluding hydrogens is 254 g/mol. The third kappa shape index (κ3) is 3.73. The zero-order chi connectivity index (χ0) is 14.7. The number of aryl methyl sites for hydroxylation is 2. The van der Waals surface area contributed by atoms with E-state index < -0.39 is 5.97 Å². The normalized spacial score (nSPS) is 22.9. The van der Waals surface area contributed by atoms with Gasteiger partial charge in [0, 0.05) is 19.6 Å². The molecule has 1 heterocycles. The van der Waals surface area contributed by atoms with Crippen LogP contribution in [0.4, 0.5) is 0 Å². The van der Waals surface area contributed by atoms with Crippen LogP contribution < -0.4 is 4.74 Å². The molecule has 4 nitrogen and oxygen atoms in total. The predicted octanol–water partition coefficient (Wildman–Crippen LogP) is 2.33. The molecule has 0 amide bonds. The molecule has 1 aromatic rings. The van der Waals surface area contributed by atoms with E-state index in [2.05, 4.69) is 24.8 Å². The Bertz CT molecular complexity index is 466. The fourth-order valence-corrected chi connectivity index (χ4v) is 2.88. The van der Waals surface area contributed by atoms with Gasteiger partial charge in [-0.2, -0.15) is 0 Å². The minimum atomic E-state index is -0.685. The Morgan fingerprint density at radius 1 is 1.30 bits per heavy atom. The Hall–Kier alpha value is -1.55. The number of likely N-dealkylation sites (tertiary alicyclic amines) is 1. The van der Waals surface area contributed by atoms with Gasteiger partial charge in [0.1, 0.15) is 12.4 Å². The van der Waals surface area contributed by atoms with Gasteiger partial charge < -0.3 is 9.84 Å². The molecule has 0 radical (unpaired) electrons. The molecule has 4 heteroatoms. The smallest absolute Gasteiger partial charge is 0.308 e. The van der Waals surface area contributed by atoms with E-state index in [4.69, 9.17) is 9.84 Å². The number of hydrogen-bond donors (Lipinski definition) is 1. The van der Waals surface area contributed by atoms with Crippen molar-refractivity contribution in [3.05, 3.63) is 29.3 Å². The van der Waals surface area contributed by atoms with Crippen molar-refractivity contribution in [2.75, 3.05) is 26.2 Å². The Kier molecular flexibility index (Phi) is 4.65. The molecule has 1 saturated heterocycles. The van der Waals surface area contributed by atoms with E-state index in [-0.39, 0.29) is 11.8 Å². The van der Waals surface area contributed by atoms with Crippen LogP contribution in [0.3, 0.4) is 0 Å². The van der Waals surface area contributed by atoms with Gasteiger partial charge in [0.25, 0.3) is 0 Å². The van der Waals surface area contributed by atoms with E-state index in [9.17, 15) is 4.79 Å². The second-order valence-corrected chi connectivity index (χ2v) is 5.85. The SMILES string of the molecule is Cc1cc(C)cc(OCCN2C[C@@H](C)[C@H](C(=O)O)C2)c1. The second kappa shape index (κ2) is 6.27.